The maximum atomic E-state index is 5.88. The van der Waals surface area contributed by atoms with Gasteiger partial charge in [-0.15, -0.1) is 11.3 Å². The highest BCUT2D eigenvalue weighted by Gasteiger charge is 2.41. The SMILES string of the molecule is CCCNCC1(Cc2nc3ccccc3s2)CCOC1C. The van der Waals surface area contributed by atoms with Crippen LogP contribution in [0.3, 0.4) is 0 Å². The molecular weight excluding hydrogens is 280 g/mol. The zero-order chi connectivity index (χ0) is 14.7. The number of nitrogens with one attached hydrogen (secondary N) is 1. The van der Waals surface area contributed by atoms with Gasteiger partial charge < -0.3 is 10.1 Å². The molecule has 0 radical (unpaired) electrons. The fraction of sp³-hybridized carbons (Fsp3) is 0.588. The number of para-hydroxylation sites is 1. The number of hydrogen-bond donors (Lipinski definition) is 1. The van der Waals surface area contributed by atoms with Gasteiger partial charge >= 0.3 is 0 Å². The molecular formula is C17H24N2OS. The summed E-state index contributed by atoms with van der Waals surface area (Å²) in [5.41, 5.74) is 1.32. The Morgan fingerprint density at radius 2 is 2.29 bits per heavy atom. The van der Waals surface area contributed by atoms with Gasteiger partial charge in [-0.2, -0.15) is 0 Å². The van der Waals surface area contributed by atoms with Crippen molar-refractivity contribution in [1.82, 2.24) is 10.3 Å². The molecule has 1 aliphatic rings. The van der Waals surface area contributed by atoms with Gasteiger partial charge in [0, 0.05) is 25.0 Å². The monoisotopic (exact) mass is 304 g/mol. The second-order valence-electron chi connectivity index (χ2n) is 6.05. The van der Waals surface area contributed by atoms with Crippen LogP contribution in [0.15, 0.2) is 24.3 Å². The quantitative estimate of drug-likeness (QED) is 0.828. The molecule has 0 spiro atoms. The minimum atomic E-state index is 0.197. The molecule has 3 nitrogen and oxygen atoms in total. The molecule has 2 aromatic rings. The predicted molar refractivity (Wildman–Crippen MR) is 88.9 cm³/mol. The van der Waals surface area contributed by atoms with Crippen molar-refractivity contribution in [3.63, 3.8) is 0 Å². The Labute approximate surface area is 130 Å². The first-order chi connectivity index (χ1) is 10.2. The fourth-order valence-corrected chi connectivity index (χ4v) is 4.28. The molecule has 21 heavy (non-hydrogen) atoms. The number of hydrogen-bond acceptors (Lipinski definition) is 4. The molecule has 1 aromatic heterocycles. The van der Waals surface area contributed by atoms with Gasteiger partial charge in [-0.05, 0) is 38.4 Å². The summed E-state index contributed by atoms with van der Waals surface area (Å²) in [5.74, 6) is 0. The Hall–Kier alpha value is -0.970. The third kappa shape index (κ3) is 3.12. The minimum absolute atomic E-state index is 0.197. The number of ether oxygens (including phenoxy) is 1. The maximum Gasteiger partial charge on any atom is 0.0945 e. The lowest BCUT2D eigenvalue weighted by molar-refractivity contribution is 0.0631. The van der Waals surface area contributed by atoms with Gasteiger partial charge in [0.15, 0.2) is 0 Å². The van der Waals surface area contributed by atoms with Gasteiger partial charge in [-0.3, -0.25) is 0 Å². The number of thiazole rings is 1. The normalized spacial score (nSPS) is 25.7. The Morgan fingerprint density at radius 3 is 3.00 bits per heavy atom. The zero-order valence-electron chi connectivity index (χ0n) is 12.9. The van der Waals surface area contributed by atoms with Crippen molar-refractivity contribution in [2.75, 3.05) is 19.7 Å². The summed E-state index contributed by atoms with van der Waals surface area (Å²) in [4.78, 5) is 4.82. The first-order valence-electron chi connectivity index (χ1n) is 7.90. The lowest BCUT2D eigenvalue weighted by atomic mass is 9.78. The summed E-state index contributed by atoms with van der Waals surface area (Å²) in [6, 6.07) is 8.41. The highest BCUT2D eigenvalue weighted by atomic mass is 32.1. The van der Waals surface area contributed by atoms with E-state index in [4.69, 9.17) is 9.72 Å². The number of benzene rings is 1. The number of aromatic nitrogens is 1. The molecule has 0 amide bonds. The van der Waals surface area contributed by atoms with Crippen molar-refractivity contribution >= 4 is 21.6 Å². The van der Waals surface area contributed by atoms with E-state index in [1.165, 1.54) is 16.1 Å². The predicted octanol–water partition coefficient (Wildman–Crippen LogP) is 3.63. The van der Waals surface area contributed by atoms with E-state index in [0.717, 1.165) is 38.1 Å². The first-order valence-corrected chi connectivity index (χ1v) is 8.72. The van der Waals surface area contributed by atoms with Crippen LogP contribution in [-0.2, 0) is 11.2 Å². The minimum Gasteiger partial charge on any atom is -0.378 e. The zero-order valence-corrected chi connectivity index (χ0v) is 13.7. The van der Waals surface area contributed by atoms with Crippen LogP contribution in [0.4, 0.5) is 0 Å². The Bertz CT molecular complexity index is 564. The van der Waals surface area contributed by atoms with Gasteiger partial charge in [0.1, 0.15) is 0 Å². The molecule has 1 saturated heterocycles. The number of fused-ring (bicyclic) bond motifs is 1. The van der Waals surface area contributed by atoms with E-state index in [1.807, 2.05) is 11.3 Å². The molecule has 1 aromatic carbocycles. The smallest absolute Gasteiger partial charge is 0.0945 e. The lowest BCUT2D eigenvalue weighted by Gasteiger charge is -2.31. The topological polar surface area (TPSA) is 34.2 Å². The first kappa shape index (κ1) is 14.9. The van der Waals surface area contributed by atoms with Crippen molar-refractivity contribution < 1.29 is 4.74 Å². The van der Waals surface area contributed by atoms with Crippen LogP contribution in [0.25, 0.3) is 10.2 Å². The van der Waals surface area contributed by atoms with Crippen molar-refractivity contribution in [2.45, 2.75) is 39.2 Å². The van der Waals surface area contributed by atoms with E-state index in [9.17, 15) is 0 Å². The highest BCUT2D eigenvalue weighted by Crippen LogP contribution is 2.39. The Balaban J connectivity index is 1.80. The molecule has 2 heterocycles. The average Bonchev–Trinajstić information content (AvgIpc) is 3.03. The van der Waals surface area contributed by atoms with Gasteiger partial charge in [0.25, 0.3) is 0 Å². The standard InChI is InChI=1S/C17H24N2OS/c1-3-9-18-12-17(8-10-20-13(17)2)11-16-19-14-6-4-5-7-15(14)21-16/h4-7,13,18H,3,8-12H2,1-2H3. The van der Waals surface area contributed by atoms with Gasteiger partial charge in [-0.25, -0.2) is 4.98 Å². The van der Waals surface area contributed by atoms with Crippen LogP contribution in [0.2, 0.25) is 0 Å². The molecule has 0 bridgehead atoms. The van der Waals surface area contributed by atoms with E-state index in [2.05, 4.69) is 43.4 Å². The summed E-state index contributed by atoms with van der Waals surface area (Å²) >= 11 is 1.83. The van der Waals surface area contributed by atoms with Crippen molar-refractivity contribution in [3.8, 4) is 0 Å². The second kappa shape index (κ2) is 6.42. The Morgan fingerprint density at radius 1 is 1.43 bits per heavy atom. The largest absolute Gasteiger partial charge is 0.378 e. The van der Waals surface area contributed by atoms with Crippen molar-refractivity contribution in [1.29, 1.82) is 0 Å². The third-order valence-corrected chi connectivity index (χ3v) is 5.61. The molecule has 2 unspecified atom stereocenters. The molecule has 114 valence electrons. The van der Waals surface area contributed by atoms with Crippen LogP contribution in [-0.4, -0.2) is 30.8 Å². The fourth-order valence-electron chi connectivity index (χ4n) is 3.16. The molecule has 1 fully saturated rings. The Kier molecular flexibility index (Phi) is 4.57. The van der Waals surface area contributed by atoms with Crippen LogP contribution in [0.1, 0.15) is 31.7 Å². The average molecular weight is 304 g/mol. The summed E-state index contributed by atoms with van der Waals surface area (Å²) in [6.45, 7) is 7.40. The second-order valence-corrected chi connectivity index (χ2v) is 7.17. The van der Waals surface area contributed by atoms with Crippen LogP contribution in [0, 0.1) is 5.41 Å². The van der Waals surface area contributed by atoms with Crippen LogP contribution in [0.5, 0.6) is 0 Å². The van der Waals surface area contributed by atoms with Gasteiger partial charge in [0.05, 0.1) is 21.3 Å². The summed E-state index contributed by atoms with van der Waals surface area (Å²) in [6.07, 6.45) is 3.62. The summed E-state index contributed by atoms with van der Waals surface area (Å²) < 4.78 is 7.17. The molecule has 1 N–H and O–H groups in total. The third-order valence-electron chi connectivity index (χ3n) is 4.58. The van der Waals surface area contributed by atoms with Crippen LogP contribution >= 0.6 is 11.3 Å². The number of nitrogens with zero attached hydrogens (tertiary/aromatic N) is 1. The van der Waals surface area contributed by atoms with E-state index in [0.29, 0.717) is 6.10 Å². The van der Waals surface area contributed by atoms with E-state index < -0.39 is 0 Å². The summed E-state index contributed by atoms with van der Waals surface area (Å²) in [5, 5.41) is 4.84. The molecule has 1 aliphatic heterocycles. The van der Waals surface area contributed by atoms with Gasteiger partial charge in [0.2, 0.25) is 0 Å². The maximum absolute atomic E-state index is 5.88. The van der Waals surface area contributed by atoms with E-state index in [1.54, 1.807) is 0 Å². The van der Waals surface area contributed by atoms with Crippen molar-refractivity contribution in [2.24, 2.45) is 5.41 Å². The lowest BCUT2D eigenvalue weighted by Crippen LogP contribution is -2.41. The van der Waals surface area contributed by atoms with Crippen molar-refractivity contribution in [3.05, 3.63) is 29.3 Å². The molecule has 0 aliphatic carbocycles. The molecule has 2 atom stereocenters. The van der Waals surface area contributed by atoms with Crippen LogP contribution < -0.4 is 5.32 Å². The number of rotatable bonds is 6. The molecule has 3 rings (SSSR count). The molecule has 0 saturated carbocycles. The highest BCUT2D eigenvalue weighted by molar-refractivity contribution is 7.18. The molecule has 4 heteroatoms. The van der Waals surface area contributed by atoms with Gasteiger partial charge in [-0.1, -0.05) is 19.1 Å². The van der Waals surface area contributed by atoms with E-state index in [-0.39, 0.29) is 5.41 Å². The summed E-state index contributed by atoms with van der Waals surface area (Å²) in [7, 11) is 0. The van der Waals surface area contributed by atoms with E-state index >= 15 is 0 Å².